The quantitative estimate of drug-likeness (QED) is 0.625. The zero-order valence-corrected chi connectivity index (χ0v) is 16.2. The molecule has 118 valence electrons. The van der Waals surface area contributed by atoms with E-state index in [9.17, 15) is 0 Å². The fourth-order valence-electron chi connectivity index (χ4n) is 2.24. The molecule has 0 heterocycles. The van der Waals surface area contributed by atoms with Crippen molar-refractivity contribution in [3.63, 3.8) is 0 Å². The Labute approximate surface area is 149 Å². The Morgan fingerprint density at radius 2 is 1.73 bits per heavy atom. The van der Waals surface area contributed by atoms with Gasteiger partial charge >= 0.3 is 0 Å². The minimum Gasteiger partial charge on any atom is -0.489 e. The topological polar surface area (TPSA) is 21.3 Å². The van der Waals surface area contributed by atoms with Crippen LogP contribution in [0.15, 0.2) is 51.4 Å². The molecule has 0 saturated carbocycles. The first-order chi connectivity index (χ1) is 10.5. The van der Waals surface area contributed by atoms with Gasteiger partial charge in [-0.15, -0.1) is 0 Å². The largest absolute Gasteiger partial charge is 0.489 e. The Morgan fingerprint density at radius 1 is 1.05 bits per heavy atom. The predicted molar refractivity (Wildman–Crippen MR) is 99.3 cm³/mol. The van der Waals surface area contributed by atoms with Crippen molar-refractivity contribution in [2.45, 2.75) is 39.5 Å². The van der Waals surface area contributed by atoms with E-state index in [0.717, 1.165) is 26.8 Å². The second-order valence-corrected chi connectivity index (χ2v) is 7.33. The van der Waals surface area contributed by atoms with Crippen molar-refractivity contribution in [2.75, 3.05) is 0 Å². The van der Waals surface area contributed by atoms with Gasteiger partial charge in [0.2, 0.25) is 0 Å². The van der Waals surface area contributed by atoms with Crippen molar-refractivity contribution < 1.29 is 4.74 Å². The fraction of sp³-hybridized carbons (Fsp3) is 0.333. The van der Waals surface area contributed by atoms with Crippen molar-refractivity contribution in [1.82, 2.24) is 5.32 Å². The zero-order valence-electron chi connectivity index (χ0n) is 13.1. The van der Waals surface area contributed by atoms with E-state index in [1.54, 1.807) is 0 Å². The van der Waals surface area contributed by atoms with Crippen LogP contribution in [0.25, 0.3) is 0 Å². The van der Waals surface area contributed by atoms with Gasteiger partial charge in [0.25, 0.3) is 0 Å². The first-order valence-corrected chi connectivity index (χ1v) is 8.99. The van der Waals surface area contributed by atoms with Crippen molar-refractivity contribution in [2.24, 2.45) is 0 Å². The van der Waals surface area contributed by atoms with Crippen LogP contribution in [0.1, 0.15) is 37.9 Å². The van der Waals surface area contributed by atoms with Gasteiger partial charge in [-0.1, -0.05) is 46.3 Å². The lowest BCUT2D eigenvalue weighted by Crippen LogP contribution is -2.19. The van der Waals surface area contributed by atoms with Crippen LogP contribution in [0.2, 0.25) is 0 Å². The third kappa shape index (κ3) is 4.83. The summed E-state index contributed by atoms with van der Waals surface area (Å²) in [6.45, 7) is 7.00. The SMILES string of the molecule is CC(C)Oc1c(Br)cc(Br)cc1CN[C@H](C)c1ccccc1. The standard InChI is InChI=1S/C18H21Br2NO/c1-12(2)22-18-15(9-16(19)10-17(18)20)11-21-13(3)14-7-5-4-6-8-14/h4-10,12-13,21H,11H2,1-3H3/t13-/m1/s1. The lowest BCUT2D eigenvalue weighted by atomic mass is 10.1. The summed E-state index contributed by atoms with van der Waals surface area (Å²) >= 11 is 7.15. The molecule has 0 bridgehead atoms. The van der Waals surface area contributed by atoms with Crippen LogP contribution in [-0.2, 0) is 6.54 Å². The summed E-state index contributed by atoms with van der Waals surface area (Å²) in [6, 6.07) is 14.9. The molecule has 2 aromatic carbocycles. The first-order valence-electron chi connectivity index (χ1n) is 7.40. The minimum absolute atomic E-state index is 0.141. The minimum atomic E-state index is 0.141. The summed E-state index contributed by atoms with van der Waals surface area (Å²) in [6.07, 6.45) is 0.141. The molecular weight excluding hydrogens is 406 g/mol. The van der Waals surface area contributed by atoms with Gasteiger partial charge in [-0.3, -0.25) is 0 Å². The molecule has 2 aromatic rings. The second-order valence-electron chi connectivity index (χ2n) is 5.56. The Balaban J connectivity index is 2.15. The van der Waals surface area contributed by atoms with Gasteiger partial charge in [0.1, 0.15) is 5.75 Å². The lowest BCUT2D eigenvalue weighted by molar-refractivity contribution is 0.237. The van der Waals surface area contributed by atoms with Crippen LogP contribution < -0.4 is 10.1 Å². The number of nitrogens with one attached hydrogen (secondary N) is 1. The third-order valence-corrected chi connectivity index (χ3v) is 4.38. The molecule has 0 aliphatic carbocycles. The highest BCUT2D eigenvalue weighted by molar-refractivity contribution is 9.11. The van der Waals surface area contributed by atoms with Crippen LogP contribution in [0, 0.1) is 0 Å². The van der Waals surface area contributed by atoms with E-state index in [1.165, 1.54) is 5.56 Å². The maximum atomic E-state index is 5.96. The van der Waals surface area contributed by atoms with Gasteiger partial charge in [-0.2, -0.15) is 0 Å². The average Bonchev–Trinajstić information content (AvgIpc) is 2.48. The van der Waals surface area contributed by atoms with Crippen molar-refractivity contribution in [3.05, 3.63) is 62.5 Å². The maximum Gasteiger partial charge on any atom is 0.138 e. The summed E-state index contributed by atoms with van der Waals surface area (Å²) in [5.41, 5.74) is 2.42. The van der Waals surface area contributed by atoms with E-state index in [2.05, 4.69) is 74.4 Å². The summed E-state index contributed by atoms with van der Waals surface area (Å²) < 4.78 is 7.97. The molecular formula is C18H21Br2NO. The van der Waals surface area contributed by atoms with Crippen LogP contribution >= 0.6 is 31.9 Å². The third-order valence-electron chi connectivity index (χ3n) is 3.34. The summed E-state index contributed by atoms with van der Waals surface area (Å²) in [5, 5.41) is 3.56. The Bertz CT molecular complexity index is 614. The smallest absolute Gasteiger partial charge is 0.138 e. The number of benzene rings is 2. The highest BCUT2D eigenvalue weighted by atomic mass is 79.9. The van der Waals surface area contributed by atoms with Gasteiger partial charge < -0.3 is 10.1 Å². The van der Waals surface area contributed by atoms with Crippen LogP contribution in [0.4, 0.5) is 0 Å². The molecule has 2 nitrogen and oxygen atoms in total. The molecule has 4 heteroatoms. The monoisotopic (exact) mass is 425 g/mol. The van der Waals surface area contributed by atoms with E-state index >= 15 is 0 Å². The number of halogens is 2. The van der Waals surface area contributed by atoms with Crippen molar-refractivity contribution in [3.8, 4) is 5.75 Å². The molecule has 22 heavy (non-hydrogen) atoms. The Morgan fingerprint density at radius 3 is 2.36 bits per heavy atom. The molecule has 0 spiro atoms. The fourth-order valence-corrected chi connectivity index (χ4v) is 3.64. The van der Waals surface area contributed by atoms with Gasteiger partial charge in [-0.05, 0) is 54.4 Å². The zero-order chi connectivity index (χ0) is 16.1. The molecule has 0 fully saturated rings. The summed E-state index contributed by atoms with van der Waals surface area (Å²) in [7, 11) is 0. The molecule has 0 aliphatic rings. The molecule has 0 aromatic heterocycles. The van der Waals surface area contributed by atoms with E-state index in [0.29, 0.717) is 0 Å². The lowest BCUT2D eigenvalue weighted by Gasteiger charge is -2.19. The summed E-state index contributed by atoms with van der Waals surface area (Å²) in [5.74, 6) is 0.908. The molecule has 0 unspecified atom stereocenters. The van der Waals surface area contributed by atoms with Crippen molar-refractivity contribution in [1.29, 1.82) is 0 Å². The van der Waals surface area contributed by atoms with E-state index in [1.807, 2.05) is 26.0 Å². The Hall–Kier alpha value is -0.840. The number of ether oxygens (including phenoxy) is 1. The number of rotatable bonds is 6. The molecule has 0 radical (unpaired) electrons. The first kappa shape index (κ1) is 17.5. The van der Waals surface area contributed by atoms with Crippen LogP contribution in [0.3, 0.4) is 0 Å². The van der Waals surface area contributed by atoms with Gasteiger partial charge in [-0.25, -0.2) is 0 Å². The summed E-state index contributed by atoms with van der Waals surface area (Å²) in [4.78, 5) is 0. The van der Waals surface area contributed by atoms with Gasteiger partial charge in [0.05, 0.1) is 10.6 Å². The highest BCUT2D eigenvalue weighted by Crippen LogP contribution is 2.34. The molecule has 1 atom stereocenters. The molecule has 2 rings (SSSR count). The molecule has 0 amide bonds. The number of hydrogen-bond donors (Lipinski definition) is 1. The number of hydrogen-bond acceptors (Lipinski definition) is 2. The van der Waals surface area contributed by atoms with Crippen LogP contribution in [0.5, 0.6) is 5.75 Å². The van der Waals surface area contributed by atoms with Crippen molar-refractivity contribution >= 4 is 31.9 Å². The maximum absolute atomic E-state index is 5.96. The molecule has 0 aliphatic heterocycles. The van der Waals surface area contributed by atoms with E-state index in [-0.39, 0.29) is 12.1 Å². The predicted octanol–water partition coefficient (Wildman–Crippen LogP) is 5.85. The van der Waals surface area contributed by atoms with E-state index < -0.39 is 0 Å². The normalized spacial score (nSPS) is 12.5. The highest BCUT2D eigenvalue weighted by Gasteiger charge is 2.13. The van der Waals surface area contributed by atoms with Gasteiger partial charge in [0, 0.05) is 22.6 Å². The van der Waals surface area contributed by atoms with E-state index in [4.69, 9.17) is 4.74 Å². The Kier molecular flexibility index (Phi) is 6.48. The average molecular weight is 427 g/mol. The molecule has 1 N–H and O–H groups in total. The molecule has 0 saturated heterocycles. The second kappa shape index (κ2) is 8.14. The van der Waals surface area contributed by atoms with Crippen LogP contribution in [-0.4, -0.2) is 6.10 Å². The van der Waals surface area contributed by atoms with Gasteiger partial charge in [0.15, 0.2) is 0 Å².